The second-order valence-electron chi connectivity index (χ2n) is 5.60. The van der Waals surface area contributed by atoms with Crippen molar-refractivity contribution in [2.45, 2.75) is 44.6 Å². The Hall–Kier alpha value is -1.35. The summed E-state index contributed by atoms with van der Waals surface area (Å²) in [6.07, 6.45) is 4.83. The number of hydrogen-bond donors (Lipinski definition) is 2. The van der Waals surface area contributed by atoms with Crippen LogP contribution in [0.3, 0.4) is 0 Å². The van der Waals surface area contributed by atoms with Crippen molar-refractivity contribution in [1.82, 2.24) is 5.32 Å². The van der Waals surface area contributed by atoms with Gasteiger partial charge in [0.25, 0.3) is 0 Å². The van der Waals surface area contributed by atoms with Crippen LogP contribution in [0.25, 0.3) is 0 Å². The molecule has 19 heavy (non-hydrogen) atoms. The third-order valence-electron chi connectivity index (χ3n) is 4.20. The lowest BCUT2D eigenvalue weighted by Gasteiger charge is -2.29. The minimum atomic E-state index is -0.766. The third kappa shape index (κ3) is 4.06. The summed E-state index contributed by atoms with van der Waals surface area (Å²) >= 11 is 0. The Bertz CT molecular complexity index is 396. The summed E-state index contributed by atoms with van der Waals surface area (Å²) in [7, 11) is 0. The summed E-state index contributed by atoms with van der Waals surface area (Å²) in [5.74, 6) is 0.550. The van der Waals surface area contributed by atoms with Crippen molar-refractivity contribution in [3.63, 3.8) is 0 Å². The van der Waals surface area contributed by atoms with Crippen molar-refractivity contribution in [3.05, 3.63) is 35.9 Å². The SMILES string of the molecule is C[C@@H](NCC1CCC(c2ccccc2)CC1)C(=O)O. The molecule has 0 heterocycles. The van der Waals surface area contributed by atoms with E-state index in [0.717, 1.165) is 6.54 Å². The lowest BCUT2D eigenvalue weighted by molar-refractivity contribution is -0.139. The standard InChI is InChI=1S/C16H23NO2/c1-12(16(18)19)17-11-13-7-9-15(10-8-13)14-5-3-2-4-6-14/h2-6,12-13,15,17H,7-11H2,1H3,(H,18,19)/t12-,13?,15?/m1/s1. The van der Waals surface area contributed by atoms with E-state index in [9.17, 15) is 4.79 Å². The van der Waals surface area contributed by atoms with E-state index in [1.165, 1.54) is 31.2 Å². The molecule has 0 aromatic heterocycles. The van der Waals surface area contributed by atoms with Crippen LogP contribution in [-0.2, 0) is 4.79 Å². The summed E-state index contributed by atoms with van der Waals surface area (Å²) in [5, 5.41) is 11.9. The zero-order valence-corrected chi connectivity index (χ0v) is 11.5. The largest absolute Gasteiger partial charge is 0.480 e. The average molecular weight is 261 g/mol. The number of carboxylic acid groups (broad SMARTS) is 1. The first kappa shape index (κ1) is 14.1. The number of rotatable bonds is 5. The van der Waals surface area contributed by atoms with Gasteiger partial charge in [0.1, 0.15) is 6.04 Å². The molecule has 1 atom stereocenters. The number of benzene rings is 1. The highest BCUT2D eigenvalue weighted by Gasteiger charge is 2.23. The number of carboxylic acids is 1. The fourth-order valence-corrected chi connectivity index (χ4v) is 2.86. The highest BCUT2D eigenvalue weighted by atomic mass is 16.4. The lowest BCUT2D eigenvalue weighted by Crippen LogP contribution is -2.37. The van der Waals surface area contributed by atoms with Gasteiger partial charge in [-0.1, -0.05) is 30.3 Å². The molecule has 1 aliphatic rings. The van der Waals surface area contributed by atoms with Gasteiger partial charge in [0.2, 0.25) is 0 Å². The topological polar surface area (TPSA) is 49.3 Å². The molecule has 0 spiro atoms. The Morgan fingerprint density at radius 2 is 1.89 bits per heavy atom. The first-order valence-corrected chi connectivity index (χ1v) is 7.18. The molecule has 0 aliphatic heterocycles. The van der Waals surface area contributed by atoms with Gasteiger partial charge in [-0.3, -0.25) is 4.79 Å². The number of carbonyl (C=O) groups is 1. The van der Waals surface area contributed by atoms with Crippen molar-refractivity contribution >= 4 is 5.97 Å². The predicted molar refractivity (Wildman–Crippen MR) is 76.2 cm³/mol. The van der Waals surface area contributed by atoms with Crippen LogP contribution in [-0.4, -0.2) is 23.7 Å². The number of nitrogens with one attached hydrogen (secondary N) is 1. The monoisotopic (exact) mass is 261 g/mol. The van der Waals surface area contributed by atoms with Crippen molar-refractivity contribution in [1.29, 1.82) is 0 Å². The Labute approximate surface area is 115 Å². The number of hydrogen-bond acceptors (Lipinski definition) is 2. The van der Waals surface area contributed by atoms with E-state index in [2.05, 4.69) is 35.6 Å². The van der Waals surface area contributed by atoms with Crippen LogP contribution in [0.4, 0.5) is 0 Å². The minimum absolute atomic E-state index is 0.438. The summed E-state index contributed by atoms with van der Waals surface area (Å²) in [4.78, 5) is 10.7. The zero-order valence-electron chi connectivity index (χ0n) is 11.5. The van der Waals surface area contributed by atoms with E-state index in [1.807, 2.05) is 0 Å². The fraction of sp³-hybridized carbons (Fsp3) is 0.562. The van der Waals surface area contributed by atoms with E-state index in [4.69, 9.17) is 5.11 Å². The Kier molecular flexibility index (Phi) is 4.97. The summed E-state index contributed by atoms with van der Waals surface area (Å²) in [6.45, 7) is 2.53. The van der Waals surface area contributed by atoms with Gasteiger partial charge < -0.3 is 10.4 Å². The van der Waals surface area contributed by atoms with Gasteiger partial charge in [-0.25, -0.2) is 0 Å². The van der Waals surface area contributed by atoms with Crippen LogP contribution in [0.15, 0.2) is 30.3 Å². The molecule has 0 bridgehead atoms. The summed E-state index contributed by atoms with van der Waals surface area (Å²) in [6, 6.07) is 10.3. The van der Waals surface area contributed by atoms with Gasteiger partial charge in [0.15, 0.2) is 0 Å². The molecule has 1 aromatic rings. The summed E-state index contributed by atoms with van der Waals surface area (Å²) in [5.41, 5.74) is 1.45. The van der Waals surface area contributed by atoms with E-state index in [0.29, 0.717) is 11.8 Å². The lowest BCUT2D eigenvalue weighted by atomic mass is 9.78. The van der Waals surface area contributed by atoms with Crippen LogP contribution < -0.4 is 5.32 Å². The Morgan fingerprint density at radius 3 is 2.47 bits per heavy atom. The zero-order chi connectivity index (χ0) is 13.7. The van der Waals surface area contributed by atoms with Crippen LogP contribution in [0, 0.1) is 5.92 Å². The molecule has 3 heteroatoms. The molecule has 1 aliphatic carbocycles. The first-order valence-electron chi connectivity index (χ1n) is 7.18. The van der Waals surface area contributed by atoms with Crippen molar-refractivity contribution < 1.29 is 9.90 Å². The predicted octanol–water partition coefficient (Wildman–Crippen LogP) is 3.02. The molecule has 3 nitrogen and oxygen atoms in total. The molecule has 2 rings (SSSR count). The molecule has 0 radical (unpaired) electrons. The van der Waals surface area contributed by atoms with E-state index in [1.54, 1.807) is 6.92 Å². The summed E-state index contributed by atoms with van der Waals surface area (Å²) < 4.78 is 0. The molecule has 1 fully saturated rings. The molecular weight excluding hydrogens is 238 g/mol. The number of aliphatic carboxylic acids is 1. The van der Waals surface area contributed by atoms with Crippen molar-refractivity contribution in [2.75, 3.05) is 6.54 Å². The van der Waals surface area contributed by atoms with Crippen molar-refractivity contribution in [2.24, 2.45) is 5.92 Å². The quantitative estimate of drug-likeness (QED) is 0.856. The average Bonchev–Trinajstić information content (AvgIpc) is 2.46. The Morgan fingerprint density at radius 1 is 1.26 bits per heavy atom. The van der Waals surface area contributed by atoms with Crippen LogP contribution in [0.1, 0.15) is 44.1 Å². The third-order valence-corrected chi connectivity index (χ3v) is 4.20. The minimum Gasteiger partial charge on any atom is -0.480 e. The highest BCUT2D eigenvalue weighted by Crippen LogP contribution is 2.35. The molecule has 2 N–H and O–H groups in total. The molecule has 1 aromatic carbocycles. The maximum Gasteiger partial charge on any atom is 0.320 e. The van der Waals surface area contributed by atoms with Crippen LogP contribution >= 0.6 is 0 Å². The normalized spacial score (nSPS) is 24.9. The maximum absolute atomic E-state index is 10.7. The molecule has 0 saturated heterocycles. The van der Waals surface area contributed by atoms with Gasteiger partial charge in [-0.15, -0.1) is 0 Å². The van der Waals surface area contributed by atoms with Gasteiger partial charge in [-0.05, 0) is 56.6 Å². The van der Waals surface area contributed by atoms with Gasteiger partial charge in [0.05, 0.1) is 0 Å². The van der Waals surface area contributed by atoms with Crippen LogP contribution in [0.2, 0.25) is 0 Å². The van der Waals surface area contributed by atoms with Gasteiger partial charge >= 0.3 is 5.97 Å². The highest BCUT2D eigenvalue weighted by molar-refractivity contribution is 5.72. The fourth-order valence-electron chi connectivity index (χ4n) is 2.86. The maximum atomic E-state index is 10.7. The van der Waals surface area contributed by atoms with Crippen LogP contribution in [0.5, 0.6) is 0 Å². The molecule has 1 saturated carbocycles. The second kappa shape index (κ2) is 6.71. The second-order valence-corrected chi connectivity index (χ2v) is 5.60. The van der Waals surface area contributed by atoms with Gasteiger partial charge in [-0.2, -0.15) is 0 Å². The molecule has 104 valence electrons. The first-order chi connectivity index (χ1) is 9.16. The van der Waals surface area contributed by atoms with E-state index >= 15 is 0 Å². The van der Waals surface area contributed by atoms with Gasteiger partial charge in [0, 0.05) is 0 Å². The molecule has 0 unspecified atom stereocenters. The smallest absolute Gasteiger partial charge is 0.320 e. The Balaban J connectivity index is 1.75. The molecular formula is C16H23NO2. The van der Waals surface area contributed by atoms with E-state index in [-0.39, 0.29) is 0 Å². The van der Waals surface area contributed by atoms with Crippen molar-refractivity contribution in [3.8, 4) is 0 Å². The molecule has 0 amide bonds. The van der Waals surface area contributed by atoms with E-state index < -0.39 is 12.0 Å².